The molecule has 3 saturated heterocycles. The van der Waals surface area contributed by atoms with Crippen molar-refractivity contribution in [3.63, 3.8) is 0 Å². The Morgan fingerprint density at radius 1 is 0.343 bits per heavy atom. The van der Waals surface area contributed by atoms with Crippen LogP contribution in [0.5, 0.6) is 0 Å². The predicted octanol–water partition coefficient (Wildman–Crippen LogP) is -0.655. The zero-order valence-corrected chi connectivity index (χ0v) is 38.4. The van der Waals surface area contributed by atoms with Crippen LogP contribution in [0.25, 0.3) is 0 Å². The summed E-state index contributed by atoms with van der Waals surface area (Å²) in [4.78, 5) is 124. The lowest BCUT2D eigenvalue weighted by Crippen LogP contribution is -2.65. The zero-order chi connectivity index (χ0) is 50.3. The maximum Gasteiger partial charge on any atom is 0.303 e. The number of hydrogen-bond donors (Lipinski definition) is 0. The molecule has 376 valence electrons. The topological polar surface area (TPSA) is 318 Å². The van der Waals surface area contributed by atoms with Gasteiger partial charge in [0.1, 0.15) is 24.9 Å². The Morgan fingerprint density at radius 3 is 0.836 bits per heavy atom. The van der Waals surface area contributed by atoms with E-state index < -0.39 is 172 Å². The predicted molar refractivity (Wildman–Crippen MR) is 211 cm³/mol. The van der Waals surface area contributed by atoms with Gasteiger partial charge in [-0.25, -0.2) is 0 Å². The second-order valence-corrected chi connectivity index (χ2v) is 14.9. The lowest BCUT2D eigenvalue weighted by atomic mass is 9.96. The monoisotopic (exact) mass is 964 g/mol. The molecule has 0 aliphatic carbocycles. The molecule has 0 radical (unpaired) electrons. The van der Waals surface area contributed by atoms with E-state index >= 15 is 0 Å². The summed E-state index contributed by atoms with van der Waals surface area (Å²) in [6.45, 7) is 11.5. The largest absolute Gasteiger partial charge is 0.463 e. The van der Waals surface area contributed by atoms with Gasteiger partial charge in [0, 0.05) is 69.2 Å². The first kappa shape index (κ1) is 55.5. The molecule has 3 aliphatic rings. The van der Waals surface area contributed by atoms with E-state index in [-0.39, 0.29) is 6.61 Å². The van der Waals surface area contributed by atoms with E-state index in [0.717, 1.165) is 69.2 Å². The van der Waals surface area contributed by atoms with Gasteiger partial charge in [0.2, 0.25) is 0 Å². The molecule has 0 spiro atoms. The van der Waals surface area contributed by atoms with Gasteiger partial charge < -0.3 is 75.8 Å². The normalized spacial score (nSPS) is 31.3. The highest BCUT2D eigenvalue weighted by molar-refractivity contribution is 5.70. The van der Waals surface area contributed by atoms with Crippen molar-refractivity contribution in [1.29, 1.82) is 0 Å². The molecule has 0 saturated carbocycles. The number of carbonyl (C=O) groups excluding carboxylic acids is 10. The number of ether oxygens (including phenoxy) is 16. The van der Waals surface area contributed by atoms with Gasteiger partial charge in [-0.05, 0) is 0 Å². The Balaban J connectivity index is 2.14. The summed E-state index contributed by atoms with van der Waals surface area (Å²) in [6.07, 6.45) is -23.2. The van der Waals surface area contributed by atoms with Gasteiger partial charge in [-0.2, -0.15) is 0 Å². The molecule has 0 aromatic heterocycles. The van der Waals surface area contributed by atoms with E-state index in [4.69, 9.17) is 75.8 Å². The van der Waals surface area contributed by atoms with Crippen molar-refractivity contribution in [3.8, 4) is 0 Å². The van der Waals surface area contributed by atoms with Crippen LogP contribution in [0.2, 0.25) is 0 Å². The van der Waals surface area contributed by atoms with Gasteiger partial charge in [0.05, 0.1) is 19.8 Å². The highest BCUT2D eigenvalue weighted by Crippen LogP contribution is 2.35. The van der Waals surface area contributed by atoms with Crippen LogP contribution in [0.1, 0.15) is 69.2 Å². The molecule has 0 bridgehead atoms. The molecule has 3 fully saturated rings. The quantitative estimate of drug-likeness (QED) is 0.0831. The first-order valence-electron chi connectivity index (χ1n) is 20.5. The number of esters is 10. The smallest absolute Gasteiger partial charge is 0.303 e. The molecule has 0 unspecified atom stereocenters. The third kappa shape index (κ3) is 17.1. The second kappa shape index (κ2) is 25.9. The van der Waals surface area contributed by atoms with Crippen molar-refractivity contribution in [2.75, 3.05) is 26.4 Å². The molecule has 3 aliphatic heterocycles. The fraction of sp³-hybridized carbons (Fsp3) is 0.707. The first-order chi connectivity index (χ1) is 31.4. The van der Waals surface area contributed by atoms with E-state index in [1.54, 1.807) is 0 Å². The van der Waals surface area contributed by atoms with Crippen molar-refractivity contribution < 1.29 is 124 Å². The van der Waals surface area contributed by atoms with E-state index in [0.29, 0.717) is 0 Å². The summed E-state index contributed by atoms with van der Waals surface area (Å²) in [7, 11) is 0. The number of hydrogen-bond acceptors (Lipinski definition) is 26. The maximum atomic E-state index is 12.7. The molecule has 0 aromatic rings. The molecule has 15 atom stereocenters. The summed E-state index contributed by atoms with van der Waals surface area (Å²) >= 11 is 0. The third-order valence-electron chi connectivity index (χ3n) is 9.17. The van der Waals surface area contributed by atoms with Crippen molar-refractivity contribution >= 4 is 59.7 Å². The molecular weight excluding hydrogens is 908 g/mol. The third-order valence-corrected chi connectivity index (χ3v) is 9.17. The van der Waals surface area contributed by atoms with E-state index in [1.807, 2.05) is 0 Å². The molecule has 26 heteroatoms. The van der Waals surface area contributed by atoms with Crippen molar-refractivity contribution in [3.05, 3.63) is 12.7 Å². The van der Waals surface area contributed by atoms with Gasteiger partial charge in [-0.3, -0.25) is 47.9 Å². The van der Waals surface area contributed by atoms with E-state index in [9.17, 15) is 47.9 Å². The minimum absolute atomic E-state index is 0.190. The van der Waals surface area contributed by atoms with Crippen LogP contribution in [0.4, 0.5) is 0 Å². The van der Waals surface area contributed by atoms with Crippen molar-refractivity contribution in [2.45, 2.75) is 161 Å². The van der Waals surface area contributed by atoms with Gasteiger partial charge in [-0.15, -0.1) is 6.58 Å². The maximum absolute atomic E-state index is 12.7. The Hall–Kier alpha value is -5.80. The van der Waals surface area contributed by atoms with Crippen LogP contribution in [-0.2, 0) is 124 Å². The fourth-order valence-electron chi connectivity index (χ4n) is 7.11. The Bertz CT molecular complexity index is 1810. The average Bonchev–Trinajstić information content (AvgIpc) is 3.19. The van der Waals surface area contributed by atoms with E-state index in [2.05, 4.69) is 6.58 Å². The molecule has 0 N–H and O–H groups in total. The average molecular weight is 965 g/mol. The lowest BCUT2D eigenvalue weighted by Gasteiger charge is -2.47. The SMILES string of the molecule is C=CCO[C@H]1O[C@H](CO[C@H]2O[C@H](CO[C@H]3O[C@H](COC(C)=O)[C@H](OC(C)=O)[C@H](OC(C)=O)[C@H]3OC(C)=O)[C@H](OC(C)=O)[C@H](OC(C)=O)[C@H]2OC(C)=O)[C@@H](OC(C)=O)[C@H](OC(C)=O)[C@H]1OC(C)=O. The summed E-state index contributed by atoms with van der Waals surface area (Å²) in [6, 6.07) is 0. The molecule has 67 heavy (non-hydrogen) atoms. The summed E-state index contributed by atoms with van der Waals surface area (Å²) in [5.74, 6) is -9.15. The minimum atomic E-state index is -1.85. The summed E-state index contributed by atoms with van der Waals surface area (Å²) in [5, 5.41) is 0. The standard InChI is InChI=1S/C41H56O26/c1-12-13-52-39-36(62-24(9)49)33(59-21(6)46)31(57-19(4)44)28(65-39)15-54-41-38(64-26(11)51)35(61-23(8)48)32(58-20(5)45)29(67-41)16-55-40-37(63-25(10)50)34(60-22(7)47)30(56-18(3)43)27(66-40)14-53-17(2)42/h12,27-41H,1,13-16H2,2-11H3/t27-,28-,29-,30+,31-,32+,33+,34+,35+,36-,37-,38-,39+,40+,41+/m1/s1. The van der Waals surface area contributed by atoms with Crippen LogP contribution >= 0.6 is 0 Å². The molecule has 0 aromatic carbocycles. The molecular formula is C41H56O26. The minimum Gasteiger partial charge on any atom is -0.463 e. The Labute approximate surface area is 383 Å². The summed E-state index contributed by atoms with van der Waals surface area (Å²) in [5.41, 5.74) is 0. The Kier molecular flexibility index (Phi) is 21.5. The van der Waals surface area contributed by atoms with Crippen molar-refractivity contribution in [2.24, 2.45) is 0 Å². The van der Waals surface area contributed by atoms with Gasteiger partial charge in [0.15, 0.2) is 73.8 Å². The van der Waals surface area contributed by atoms with Gasteiger partial charge in [0.25, 0.3) is 0 Å². The van der Waals surface area contributed by atoms with Crippen molar-refractivity contribution in [1.82, 2.24) is 0 Å². The molecule has 3 heterocycles. The number of rotatable bonds is 20. The Morgan fingerprint density at radius 2 is 0.582 bits per heavy atom. The molecule has 0 amide bonds. The lowest BCUT2D eigenvalue weighted by molar-refractivity contribution is -0.344. The zero-order valence-electron chi connectivity index (χ0n) is 38.4. The van der Waals surface area contributed by atoms with Gasteiger partial charge in [-0.1, -0.05) is 6.08 Å². The molecule has 3 rings (SSSR count). The summed E-state index contributed by atoms with van der Waals surface area (Å²) < 4.78 is 90.7. The van der Waals surface area contributed by atoms with Crippen LogP contribution in [-0.4, -0.2) is 178 Å². The fourth-order valence-corrected chi connectivity index (χ4v) is 7.11. The highest BCUT2D eigenvalue weighted by atomic mass is 16.8. The number of carbonyl (C=O) groups is 10. The molecule has 26 nitrogen and oxygen atoms in total. The second-order valence-electron chi connectivity index (χ2n) is 14.9. The highest BCUT2D eigenvalue weighted by Gasteiger charge is 2.57. The van der Waals surface area contributed by atoms with Crippen LogP contribution in [0, 0.1) is 0 Å². The van der Waals surface area contributed by atoms with Crippen LogP contribution in [0.15, 0.2) is 12.7 Å². The van der Waals surface area contributed by atoms with E-state index in [1.165, 1.54) is 6.08 Å². The first-order valence-corrected chi connectivity index (χ1v) is 20.5. The van der Waals surface area contributed by atoms with Gasteiger partial charge >= 0.3 is 59.7 Å². The van der Waals surface area contributed by atoms with Crippen LogP contribution in [0.3, 0.4) is 0 Å². The van der Waals surface area contributed by atoms with Crippen LogP contribution < -0.4 is 0 Å².